The number of carbonyl (C=O) groups is 3. The summed E-state index contributed by atoms with van der Waals surface area (Å²) in [5, 5.41) is 5.50. The van der Waals surface area contributed by atoms with Crippen LogP contribution in [0, 0.1) is 0 Å². The van der Waals surface area contributed by atoms with Crippen molar-refractivity contribution in [1.82, 2.24) is 15.5 Å². The highest BCUT2D eigenvalue weighted by molar-refractivity contribution is 7.80. The quantitative estimate of drug-likeness (QED) is 0.372. The van der Waals surface area contributed by atoms with E-state index in [0.717, 1.165) is 5.56 Å². The van der Waals surface area contributed by atoms with E-state index in [0.29, 0.717) is 31.9 Å². The van der Waals surface area contributed by atoms with E-state index in [2.05, 4.69) is 31.4 Å². The summed E-state index contributed by atoms with van der Waals surface area (Å²) in [5.41, 5.74) is 1.56. The summed E-state index contributed by atoms with van der Waals surface area (Å²) >= 11 is 5.38. The monoisotopic (exact) mass is 449 g/mol. The molecule has 0 radical (unpaired) electrons. The lowest BCUT2D eigenvalue weighted by atomic mass is 9.87. The van der Waals surface area contributed by atoms with E-state index in [9.17, 15) is 14.4 Å². The van der Waals surface area contributed by atoms with E-state index in [1.54, 1.807) is 17.0 Å². The molecule has 0 aromatic heterocycles. The van der Waals surface area contributed by atoms with Gasteiger partial charge in [-0.25, -0.2) is 0 Å². The van der Waals surface area contributed by atoms with Crippen molar-refractivity contribution in [3.63, 3.8) is 0 Å². The number of piperazine rings is 1. The predicted octanol–water partition coefficient (Wildman–Crippen LogP) is 1.77. The number of esters is 1. The normalized spacial score (nSPS) is 16.5. The van der Waals surface area contributed by atoms with Gasteiger partial charge in [0.15, 0.2) is 5.11 Å². The minimum Gasteiger partial charge on any atom is -0.463 e. The maximum atomic E-state index is 12.6. The van der Waals surface area contributed by atoms with Gasteiger partial charge in [-0.2, -0.15) is 0 Å². The van der Waals surface area contributed by atoms with E-state index in [-0.39, 0.29) is 35.4 Å². The highest BCUT2D eigenvalue weighted by atomic mass is 32.1. The van der Waals surface area contributed by atoms with Gasteiger partial charge in [0, 0.05) is 25.3 Å². The molecule has 0 spiro atoms. The highest BCUT2D eigenvalue weighted by Crippen LogP contribution is 2.22. The van der Waals surface area contributed by atoms with Crippen LogP contribution in [-0.2, 0) is 24.5 Å². The van der Waals surface area contributed by atoms with Gasteiger partial charge in [-0.15, -0.1) is 0 Å². The van der Waals surface area contributed by atoms with Gasteiger partial charge in [-0.1, -0.05) is 32.9 Å². The van der Waals surface area contributed by atoms with Crippen molar-refractivity contribution in [3.05, 3.63) is 35.4 Å². The van der Waals surface area contributed by atoms with Crippen LogP contribution in [0.25, 0.3) is 0 Å². The Morgan fingerprint density at radius 2 is 1.90 bits per heavy atom. The Morgan fingerprint density at radius 1 is 1.23 bits per heavy atom. The van der Waals surface area contributed by atoms with Gasteiger partial charge >= 0.3 is 5.97 Å². The molecular formula is C22H31N3O5S. The van der Waals surface area contributed by atoms with E-state index in [4.69, 9.17) is 21.7 Å². The third kappa shape index (κ3) is 7.29. The molecule has 1 saturated heterocycles. The summed E-state index contributed by atoms with van der Waals surface area (Å²) in [4.78, 5) is 38.7. The number of hydrogen-bond donors (Lipinski definition) is 2. The first-order chi connectivity index (χ1) is 14.6. The molecule has 9 heteroatoms. The zero-order valence-electron chi connectivity index (χ0n) is 18.5. The van der Waals surface area contributed by atoms with Crippen LogP contribution in [0.1, 0.15) is 50.0 Å². The summed E-state index contributed by atoms with van der Waals surface area (Å²) in [6, 6.07) is 6.47. The molecule has 170 valence electrons. The molecule has 8 nitrogen and oxygen atoms in total. The first-order valence-corrected chi connectivity index (χ1v) is 10.8. The fourth-order valence-electron chi connectivity index (χ4n) is 3.10. The molecule has 2 N–H and O–H groups in total. The Morgan fingerprint density at radius 3 is 2.52 bits per heavy atom. The second-order valence-electron chi connectivity index (χ2n) is 8.21. The number of ether oxygens (including phenoxy) is 2. The van der Waals surface area contributed by atoms with Crippen molar-refractivity contribution in [2.75, 3.05) is 32.9 Å². The van der Waals surface area contributed by atoms with Crippen molar-refractivity contribution >= 4 is 35.1 Å². The zero-order valence-corrected chi connectivity index (χ0v) is 19.3. The van der Waals surface area contributed by atoms with Gasteiger partial charge < -0.3 is 19.7 Å². The minimum absolute atomic E-state index is 0.0179. The average molecular weight is 450 g/mol. The summed E-state index contributed by atoms with van der Waals surface area (Å²) in [6.45, 7) is 9.83. The topological polar surface area (TPSA) is 97.0 Å². The molecule has 1 aromatic rings. The third-order valence-corrected chi connectivity index (χ3v) is 5.22. The molecule has 1 atom stereocenters. The zero-order chi connectivity index (χ0) is 23.0. The molecule has 1 aromatic carbocycles. The van der Waals surface area contributed by atoms with Gasteiger partial charge in [-0.05, 0) is 42.3 Å². The summed E-state index contributed by atoms with van der Waals surface area (Å²) in [6.07, 6.45) is -0.172. The van der Waals surface area contributed by atoms with Crippen molar-refractivity contribution < 1.29 is 23.9 Å². The Bertz CT molecular complexity index is 804. The van der Waals surface area contributed by atoms with Crippen molar-refractivity contribution in [1.29, 1.82) is 0 Å². The van der Waals surface area contributed by atoms with Crippen LogP contribution in [0.3, 0.4) is 0 Å². The molecule has 2 rings (SSSR count). The van der Waals surface area contributed by atoms with Crippen LogP contribution in [0.4, 0.5) is 0 Å². The number of amides is 2. The van der Waals surface area contributed by atoms with Gasteiger partial charge in [-0.3, -0.25) is 19.7 Å². The SMILES string of the molecule is CCOCCOC(=O)CC1C(=O)NCCN1C(=S)NC(=O)c1ccc(C(C)(C)C)cc1. The molecule has 1 aliphatic rings. The molecule has 1 unspecified atom stereocenters. The highest BCUT2D eigenvalue weighted by Gasteiger charge is 2.34. The molecular weight excluding hydrogens is 418 g/mol. The third-order valence-electron chi connectivity index (χ3n) is 4.88. The number of nitrogens with zero attached hydrogens (tertiary/aromatic N) is 1. The van der Waals surface area contributed by atoms with E-state index < -0.39 is 12.0 Å². The molecule has 0 bridgehead atoms. The Balaban J connectivity index is 1.99. The van der Waals surface area contributed by atoms with Crippen molar-refractivity contribution in [3.8, 4) is 0 Å². The van der Waals surface area contributed by atoms with Crippen molar-refractivity contribution in [2.45, 2.75) is 45.6 Å². The molecule has 1 heterocycles. The first-order valence-electron chi connectivity index (χ1n) is 10.4. The smallest absolute Gasteiger partial charge is 0.308 e. The number of thiocarbonyl (C=S) groups is 1. The Hall–Kier alpha value is -2.52. The Labute approximate surface area is 188 Å². The van der Waals surface area contributed by atoms with Gasteiger partial charge in [0.05, 0.1) is 13.0 Å². The fourth-order valence-corrected chi connectivity index (χ4v) is 3.41. The largest absolute Gasteiger partial charge is 0.463 e. The first kappa shape index (κ1) is 24.7. The van der Waals surface area contributed by atoms with Crippen LogP contribution < -0.4 is 10.6 Å². The van der Waals surface area contributed by atoms with Crippen LogP contribution >= 0.6 is 12.2 Å². The van der Waals surface area contributed by atoms with Gasteiger partial charge in [0.25, 0.3) is 5.91 Å². The maximum absolute atomic E-state index is 12.6. The average Bonchev–Trinajstić information content (AvgIpc) is 2.72. The Kier molecular flexibility index (Phi) is 8.94. The lowest BCUT2D eigenvalue weighted by molar-refractivity contribution is -0.148. The lowest BCUT2D eigenvalue weighted by Crippen LogP contribution is -2.60. The number of benzene rings is 1. The molecule has 31 heavy (non-hydrogen) atoms. The van der Waals surface area contributed by atoms with Crippen LogP contribution in [0.5, 0.6) is 0 Å². The van der Waals surface area contributed by atoms with Crippen molar-refractivity contribution in [2.24, 2.45) is 0 Å². The number of rotatable bonds is 7. The van der Waals surface area contributed by atoms with E-state index in [1.165, 1.54) is 0 Å². The molecule has 0 aliphatic carbocycles. The number of carbonyl (C=O) groups excluding carboxylic acids is 3. The summed E-state index contributed by atoms with van der Waals surface area (Å²) in [5.74, 6) is -1.23. The van der Waals surface area contributed by atoms with Gasteiger partial charge in [0.1, 0.15) is 12.6 Å². The van der Waals surface area contributed by atoms with Crippen LogP contribution in [-0.4, -0.2) is 66.7 Å². The number of nitrogens with one attached hydrogen (secondary N) is 2. The van der Waals surface area contributed by atoms with Gasteiger partial charge in [0.2, 0.25) is 5.91 Å². The molecule has 2 amide bonds. The fraction of sp³-hybridized carbons (Fsp3) is 0.545. The molecule has 0 saturated carbocycles. The lowest BCUT2D eigenvalue weighted by Gasteiger charge is -2.36. The molecule has 1 aliphatic heterocycles. The standard InChI is InChI=1S/C22H31N3O5S/c1-5-29-12-13-30-18(26)14-17-20(28)23-10-11-25(17)21(31)24-19(27)15-6-8-16(9-7-15)22(2,3)4/h6-9,17H,5,10-14H2,1-4H3,(H,23,28)(H,24,27,31). The second-order valence-corrected chi connectivity index (χ2v) is 8.60. The summed E-state index contributed by atoms with van der Waals surface area (Å²) in [7, 11) is 0. The maximum Gasteiger partial charge on any atom is 0.308 e. The van der Waals surface area contributed by atoms with E-state index >= 15 is 0 Å². The summed E-state index contributed by atoms with van der Waals surface area (Å²) < 4.78 is 10.2. The molecule has 1 fully saturated rings. The number of hydrogen-bond acceptors (Lipinski definition) is 6. The van der Waals surface area contributed by atoms with Crippen LogP contribution in [0.15, 0.2) is 24.3 Å². The second kappa shape index (κ2) is 11.2. The predicted molar refractivity (Wildman–Crippen MR) is 121 cm³/mol. The minimum atomic E-state index is -0.843. The van der Waals surface area contributed by atoms with E-state index in [1.807, 2.05) is 19.1 Å². The van der Waals surface area contributed by atoms with Crippen LogP contribution in [0.2, 0.25) is 0 Å².